The first-order chi connectivity index (χ1) is 12.3. The summed E-state index contributed by atoms with van der Waals surface area (Å²) in [6, 6.07) is 10.3. The third-order valence-electron chi connectivity index (χ3n) is 3.17. The van der Waals surface area contributed by atoms with Crippen molar-refractivity contribution < 1.29 is 14.5 Å². The minimum Gasteiger partial charge on any atom is -0.422 e. The molecule has 0 spiro atoms. The molecule has 0 heterocycles. The van der Waals surface area contributed by atoms with E-state index in [0.717, 1.165) is 5.56 Å². The SMILES string of the molecule is C/C(=C\c1cc(Br)cc(Br)c1OC(=O)/C=C/c1ccc(Cl)cc1)[N+](=O)[O-]. The molecule has 2 aromatic carbocycles. The summed E-state index contributed by atoms with van der Waals surface area (Å²) in [5, 5.41) is 11.5. The number of nitro groups is 1. The van der Waals surface area contributed by atoms with E-state index in [1.165, 1.54) is 19.1 Å². The third-order valence-corrected chi connectivity index (χ3v) is 4.47. The number of ether oxygens (including phenoxy) is 1. The lowest BCUT2D eigenvalue weighted by atomic mass is 10.1. The number of hydrogen-bond donors (Lipinski definition) is 0. The van der Waals surface area contributed by atoms with Gasteiger partial charge < -0.3 is 4.74 Å². The largest absolute Gasteiger partial charge is 0.422 e. The lowest BCUT2D eigenvalue weighted by Gasteiger charge is -2.09. The first kappa shape index (κ1) is 20.4. The molecule has 2 rings (SSSR count). The monoisotopic (exact) mass is 499 g/mol. The van der Waals surface area contributed by atoms with Gasteiger partial charge in [0.1, 0.15) is 0 Å². The Morgan fingerprint density at radius 2 is 1.88 bits per heavy atom. The molecule has 0 unspecified atom stereocenters. The molecule has 0 aliphatic carbocycles. The number of carbonyl (C=O) groups is 1. The van der Waals surface area contributed by atoms with E-state index >= 15 is 0 Å². The number of allylic oxidation sites excluding steroid dienone is 1. The zero-order valence-electron chi connectivity index (χ0n) is 13.4. The summed E-state index contributed by atoms with van der Waals surface area (Å²) in [7, 11) is 0. The van der Waals surface area contributed by atoms with Crippen molar-refractivity contribution in [1.82, 2.24) is 0 Å². The van der Waals surface area contributed by atoms with Gasteiger partial charge in [-0.2, -0.15) is 0 Å². The summed E-state index contributed by atoms with van der Waals surface area (Å²) in [6.07, 6.45) is 4.19. The van der Waals surface area contributed by atoms with Crippen molar-refractivity contribution in [2.24, 2.45) is 0 Å². The van der Waals surface area contributed by atoms with Crippen LogP contribution in [0.2, 0.25) is 5.02 Å². The predicted octanol–water partition coefficient (Wildman–Crippen LogP) is 6.12. The van der Waals surface area contributed by atoms with E-state index in [9.17, 15) is 14.9 Å². The lowest BCUT2D eigenvalue weighted by Crippen LogP contribution is -2.06. The van der Waals surface area contributed by atoms with Crippen LogP contribution in [0.1, 0.15) is 18.1 Å². The molecule has 0 bridgehead atoms. The Kier molecular flexibility index (Phi) is 7.14. The second kappa shape index (κ2) is 9.12. The Morgan fingerprint density at radius 1 is 1.23 bits per heavy atom. The second-order valence-corrected chi connectivity index (χ2v) is 7.36. The standard InChI is InChI=1S/C18H12Br2ClNO4/c1-11(22(24)25)8-13-9-14(19)10-16(20)18(13)26-17(23)7-4-12-2-5-15(21)6-3-12/h2-10H,1H3/b7-4+,11-8+. The molecule has 0 aliphatic rings. The Hall–Kier alpha value is -1.96. The molecule has 8 heteroatoms. The van der Waals surface area contributed by atoms with Gasteiger partial charge in [-0.15, -0.1) is 0 Å². The fourth-order valence-corrected chi connectivity index (χ4v) is 3.41. The summed E-state index contributed by atoms with van der Waals surface area (Å²) in [6.45, 7) is 1.36. The van der Waals surface area contributed by atoms with E-state index in [-0.39, 0.29) is 11.4 Å². The van der Waals surface area contributed by atoms with E-state index in [1.807, 2.05) is 0 Å². The Labute approximate surface area is 171 Å². The van der Waals surface area contributed by atoms with Gasteiger partial charge in [-0.3, -0.25) is 10.1 Å². The molecule has 2 aromatic rings. The number of halogens is 3. The van der Waals surface area contributed by atoms with Crippen molar-refractivity contribution in [2.45, 2.75) is 6.92 Å². The summed E-state index contributed by atoms with van der Waals surface area (Å²) in [5.41, 5.74) is 1.10. The topological polar surface area (TPSA) is 69.4 Å². The number of esters is 1. The van der Waals surface area contributed by atoms with Crippen LogP contribution in [0.5, 0.6) is 5.75 Å². The molecule has 26 heavy (non-hydrogen) atoms. The maximum atomic E-state index is 12.1. The van der Waals surface area contributed by atoms with Crippen LogP contribution in [0.25, 0.3) is 12.2 Å². The molecule has 0 N–H and O–H groups in total. The van der Waals surface area contributed by atoms with Gasteiger partial charge in [-0.25, -0.2) is 4.79 Å². The van der Waals surface area contributed by atoms with Crippen LogP contribution in [-0.2, 0) is 4.79 Å². The van der Waals surface area contributed by atoms with E-state index in [0.29, 0.717) is 19.5 Å². The molecule has 5 nitrogen and oxygen atoms in total. The van der Waals surface area contributed by atoms with Crippen LogP contribution >= 0.6 is 43.5 Å². The van der Waals surface area contributed by atoms with Crippen molar-refractivity contribution in [2.75, 3.05) is 0 Å². The van der Waals surface area contributed by atoms with Crippen molar-refractivity contribution in [3.05, 3.63) is 83.4 Å². The van der Waals surface area contributed by atoms with E-state index < -0.39 is 10.9 Å². The van der Waals surface area contributed by atoms with Gasteiger partial charge in [0.25, 0.3) is 0 Å². The number of carbonyl (C=O) groups excluding carboxylic acids is 1. The summed E-state index contributed by atoms with van der Waals surface area (Å²) >= 11 is 12.4. The van der Waals surface area contributed by atoms with E-state index in [4.69, 9.17) is 16.3 Å². The minimum absolute atomic E-state index is 0.0796. The number of nitrogens with zero attached hydrogens (tertiary/aromatic N) is 1. The summed E-state index contributed by atoms with van der Waals surface area (Å²) in [5.74, 6) is -0.420. The second-order valence-electron chi connectivity index (χ2n) is 5.15. The summed E-state index contributed by atoms with van der Waals surface area (Å²) < 4.78 is 6.54. The average Bonchev–Trinajstić information content (AvgIpc) is 2.57. The molecule has 0 saturated carbocycles. The average molecular weight is 502 g/mol. The fourth-order valence-electron chi connectivity index (χ4n) is 1.95. The van der Waals surface area contributed by atoms with Crippen LogP contribution in [0, 0.1) is 10.1 Å². The van der Waals surface area contributed by atoms with Gasteiger partial charge in [0.05, 0.1) is 9.40 Å². The molecule has 0 radical (unpaired) electrons. The van der Waals surface area contributed by atoms with Crippen LogP contribution in [0.3, 0.4) is 0 Å². The molecular weight excluding hydrogens is 489 g/mol. The van der Waals surface area contributed by atoms with Crippen molar-refractivity contribution in [1.29, 1.82) is 0 Å². The third kappa shape index (κ3) is 5.79. The Bertz CT molecular complexity index is 908. The number of rotatable bonds is 5. The highest BCUT2D eigenvalue weighted by atomic mass is 79.9. The molecular formula is C18H12Br2ClNO4. The van der Waals surface area contributed by atoms with Gasteiger partial charge in [-0.05, 0) is 51.8 Å². The zero-order chi connectivity index (χ0) is 19.3. The lowest BCUT2D eigenvalue weighted by molar-refractivity contribution is -0.422. The predicted molar refractivity (Wildman–Crippen MR) is 109 cm³/mol. The Balaban J connectivity index is 2.27. The highest BCUT2D eigenvalue weighted by molar-refractivity contribution is 9.11. The summed E-state index contributed by atoms with van der Waals surface area (Å²) in [4.78, 5) is 22.5. The first-order valence-corrected chi connectivity index (χ1v) is 9.20. The van der Waals surface area contributed by atoms with Gasteiger partial charge in [-0.1, -0.05) is 39.7 Å². The van der Waals surface area contributed by atoms with E-state index in [1.54, 1.807) is 42.5 Å². The van der Waals surface area contributed by atoms with Crippen LogP contribution in [0.4, 0.5) is 0 Å². The maximum absolute atomic E-state index is 12.1. The van der Waals surface area contributed by atoms with Crippen molar-refractivity contribution in [3.63, 3.8) is 0 Å². The van der Waals surface area contributed by atoms with Crippen molar-refractivity contribution in [3.8, 4) is 5.75 Å². The molecule has 0 atom stereocenters. The smallest absolute Gasteiger partial charge is 0.336 e. The number of benzene rings is 2. The quantitative estimate of drug-likeness (QED) is 0.163. The highest BCUT2D eigenvalue weighted by Gasteiger charge is 2.14. The van der Waals surface area contributed by atoms with Crippen molar-refractivity contribution >= 4 is 61.6 Å². The fraction of sp³-hybridized carbons (Fsp3) is 0.0556. The van der Waals surface area contributed by atoms with Gasteiger partial charge in [0.2, 0.25) is 5.70 Å². The zero-order valence-corrected chi connectivity index (χ0v) is 17.3. The van der Waals surface area contributed by atoms with Crippen LogP contribution < -0.4 is 4.74 Å². The molecule has 0 amide bonds. The number of hydrogen-bond acceptors (Lipinski definition) is 4. The molecule has 0 aliphatic heterocycles. The maximum Gasteiger partial charge on any atom is 0.336 e. The van der Waals surface area contributed by atoms with Crippen LogP contribution in [0.15, 0.2) is 57.1 Å². The molecule has 0 saturated heterocycles. The van der Waals surface area contributed by atoms with Gasteiger partial charge >= 0.3 is 5.97 Å². The van der Waals surface area contributed by atoms with E-state index in [2.05, 4.69) is 31.9 Å². The first-order valence-electron chi connectivity index (χ1n) is 7.23. The molecule has 134 valence electrons. The molecule has 0 fully saturated rings. The minimum atomic E-state index is -0.614. The molecule has 0 aromatic heterocycles. The van der Waals surface area contributed by atoms with Gasteiger partial charge in [0, 0.05) is 34.1 Å². The van der Waals surface area contributed by atoms with Gasteiger partial charge in [0.15, 0.2) is 5.75 Å². The van der Waals surface area contributed by atoms with Crippen LogP contribution in [-0.4, -0.2) is 10.9 Å². The highest BCUT2D eigenvalue weighted by Crippen LogP contribution is 2.34. The Morgan fingerprint density at radius 3 is 2.50 bits per heavy atom. The normalized spacial score (nSPS) is 11.6.